The molecule has 2 heteroatoms. The van der Waals surface area contributed by atoms with Crippen LogP contribution in [0, 0.1) is 11.8 Å². The van der Waals surface area contributed by atoms with Crippen molar-refractivity contribution in [1.29, 1.82) is 0 Å². The Bertz CT molecular complexity index is 189. The van der Waals surface area contributed by atoms with Crippen molar-refractivity contribution in [1.82, 2.24) is 0 Å². The number of hydrogen-bond acceptors (Lipinski definition) is 1. The van der Waals surface area contributed by atoms with Gasteiger partial charge < -0.3 is 9.64 Å². The molecule has 0 aromatic carbocycles. The zero-order valence-corrected chi connectivity index (χ0v) is 8.30. The summed E-state index contributed by atoms with van der Waals surface area (Å²) in [5.41, 5.74) is 0. The van der Waals surface area contributed by atoms with Crippen LogP contribution in [0.2, 0.25) is 0 Å². The highest BCUT2D eigenvalue weighted by atomic mass is 16.5. The molecule has 74 valence electrons. The van der Waals surface area contributed by atoms with Crippen molar-refractivity contribution in [3.05, 3.63) is 0 Å². The van der Waals surface area contributed by atoms with Gasteiger partial charge in [0.25, 0.3) is 0 Å². The molecule has 3 fully saturated rings. The summed E-state index contributed by atoms with van der Waals surface area (Å²) in [4.78, 5) is 1.86. The molecule has 0 aromatic heterocycles. The zero-order valence-electron chi connectivity index (χ0n) is 8.30. The lowest BCUT2D eigenvalue weighted by molar-refractivity contribution is -0.936. The molecular weight excluding hydrogens is 162 g/mol. The fourth-order valence-electron chi connectivity index (χ4n) is 3.75. The van der Waals surface area contributed by atoms with E-state index in [1.807, 2.05) is 4.90 Å². The normalized spacial score (nSPS) is 45.7. The highest BCUT2D eigenvalue weighted by molar-refractivity contribution is 4.90. The van der Waals surface area contributed by atoms with Crippen molar-refractivity contribution < 1.29 is 9.64 Å². The Kier molecular flexibility index (Phi) is 2.06. The maximum absolute atomic E-state index is 5.42. The van der Waals surface area contributed by atoms with E-state index < -0.39 is 0 Å². The molecule has 1 heterocycles. The SMILES string of the molecule is C1C[NH+]([C@H]2C[C@@H]3CC[C@@H]2C3)CCO1. The second kappa shape index (κ2) is 3.25. The third-order valence-electron chi connectivity index (χ3n) is 4.40. The Morgan fingerprint density at radius 3 is 2.46 bits per heavy atom. The van der Waals surface area contributed by atoms with Gasteiger partial charge in [-0.3, -0.25) is 0 Å². The molecule has 1 N–H and O–H groups in total. The molecule has 2 nitrogen and oxygen atoms in total. The monoisotopic (exact) mass is 182 g/mol. The Hall–Kier alpha value is -0.0800. The lowest BCUT2D eigenvalue weighted by atomic mass is 9.94. The molecule has 0 radical (unpaired) electrons. The molecule has 0 spiro atoms. The van der Waals surface area contributed by atoms with Crippen molar-refractivity contribution in [2.75, 3.05) is 26.3 Å². The average Bonchev–Trinajstić information content (AvgIpc) is 2.80. The van der Waals surface area contributed by atoms with Crippen LogP contribution in [-0.4, -0.2) is 32.3 Å². The molecule has 0 amide bonds. The first-order valence-electron chi connectivity index (χ1n) is 5.86. The summed E-state index contributed by atoms with van der Waals surface area (Å²) in [6.07, 6.45) is 6.14. The number of ether oxygens (including phenoxy) is 1. The Labute approximate surface area is 80.2 Å². The van der Waals surface area contributed by atoms with E-state index in [4.69, 9.17) is 4.74 Å². The predicted octanol–water partition coefficient (Wildman–Crippen LogP) is 0.0901. The second-order valence-electron chi connectivity index (χ2n) is 5.05. The van der Waals surface area contributed by atoms with Crippen molar-refractivity contribution in [3.63, 3.8) is 0 Å². The Balaban J connectivity index is 1.65. The van der Waals surface area contributed by atoms with E-state index >= 15 is 0 Å². The van der Waals surface area contributed by atoms with Crippen molar-refractivity contribution in [2.24, 2.45) is 11.8 Å². The van der Waals surface area contributed by atoms with Crippen LogP contribution in [0.25, 0.3) is 0 Å². The van der Waals surface area contributed by atoms with Crippen LogP contribution in [0.4, 0.5) is 0 Å². The highest BCUT2D eigenvalue weighted by Crippen LogP contribution is 2.43. The van der Waals surface area contributed by atoms with Gasteiger partial charge in [-0.15, -0.1) is 0 Å². The summed E-state index contributed by atoms with van der Waals surface area (Å²) in [7, 11) is 0. The van der Waals surface area contributed by atoms with Crippen LogP contribution < -0.4 is 4.90 Å². The minimum absolute atomic E-state index is 1.00. The van der Waals surface area contributed by atoms with Crippen LogP contribution in [0.1, 0.15) is 25.7 Å². The molecule has 2 aliphatic carbocycles. The van der Waals surface area contributed by atoms with Crippen molar-refractivity contribution in [3.8, 4) is 0 Å². The number of nitrogens with one attached hydrogen (secondary N) is 1. The van der Waals surface area contributed by atoms with Crippen LogP contribution in [0.15, 0.2) is 0 Å². The van der Waals surface area contributed by atoms with Crippen LogP contribution in [-0.2, 0) is 4.74 Å². The maximum atomic E-state index is 5.42. The summed E-state index contributed by atoms with van der Waals surface area (Å²) in [6, 6.07) is 1.02. The van der Waals surface area contributed by atoms with Gasteiger partial charge in [-0.2, -0.15) is 0 Å². The van der Waals surface area contributed by atoms with Gasteiger partial charge in [-0.1, -0.05) is 0 Å². The first-order valence-corrected chi connectivity index (χ1v) is 5.86. The van der Waals surface area contributed by atoms with Gasteiger partial charge >= 0.3 is 0 Å². The van der Waals surface area contributed by atoms with Gasteiger partial charge in [0.05, 0.1) is 19.3 Å². The number of fused-ring (bicyclic) bond motifs is 2. The van der Waals surface area contributed by atoms with Crippen molar-refractivity contribution in [2.45, 2.75) is 31.7 Å². The Morgan fingerprint density at radius 2 is 1.85 bits per heavy atom. The van der Waals surface area contributed by atoms with E-state index in [0.717, 1.165) is 31.1 Å². The number of morpholine rings is 1. The van der Waals surface area contributed by atoms with Crippen molar-refractivity contribution >= 4 is 0 Å². The van der Waals surface area contributed by atoms with Gasteiger partial charge in [0.2, 0.25) is 0 Å². The summed E-state index contributed by atoms with van der Waals surface area (Å²) in [5, 5.41) is 0. The molecular formula is C11H20NO+. The molecule has 1 saturated heterocycles. The zero-order chi connectivity index (χ0) is 8.67. The number of rotatable bonds is 1. The van der Waals surface area contributed by atoms with E-state index in [1.165, 1.54) is 32.4 Å². The number of quaternary nitrogens is 1. The smallest absolute Gasteiger partial charge is 0.101 e. The molecule has 3 atom stereocenters. The second-order valence-corrected chi connectivity index (χ2v) is 5.05. The topological polar surface area (TPSA) is 13.7 Å². The van der Waals surface area contributed by atoms with Crippen LogP contribution in [0.3, 0.4) is 0 Å². The summed E-state index contributed by atoms with van der Waals surface area (Å²) >= 11 is 0. The maximum Gasteiger partial charge on any atom is 0.101 e. The first kappa shape index (κ1) is 8.25. The van der Waals surface area contributed by atoms with Crippen LogP contribution in [0.5, 0.6) is 0 Å². The van der Waals surface area contributed by atoms with Gasteiger partial charge in [-0.05, 0) is 25.2 Å². The predicted molar refractivity (Wildman–Crippen MR) is 50.8 cm³/mol. The molecule has 3 aliphatic rings. The third kappa shape index (κ3) is 1.40. The first-order chi connectivity index (χ1) is 6.43. The standard InChI is InChI=1S/C11H19NO/c1-2-10-7-9(1)8-11(10)12-3-5-13-6-4-12/h9-11H,1-8H2/p+1/t9-,10-,11+/m1/s1. The van der Waals surface area contributed by atoms with Gasteiger partial charge in [0.1, 0.15) is 13.1 Å². The molecule has 0 unspecified atom stereocenters. The summed E-state index contributed by atoms with van der Waals surface area (Å²) in [5.74, 6) is 2.18. The molecule has 2 saturated carbocycles. The highest BCUT2D eigenvalue weighted by Gasteiger charge is 2.45. The van der Waals surface area contributed by atoms with Gasteiger partial charge in [0.15, 0.2) is 0 Å². The average molecular weight is 182 g/mol. The van der Waals surface area contributed by atoms with E-state index in [-0.39, 0.29) is 0 Å². The van der Waals surface area contributed by atoms with E-state index in [0.29, 0.717) is 0 Å². The van der Waals surface area contributed by atoms with Gasteiger partial charge in [-0.25, -0.2) is 0 Å². The summed E-state index contributed by atoms with van der Waals surface area (Å²) < 4.78 is 5.42. The third-order valence-corrected chi connectivity index (χ3v) is 4.40. The fourth-order valence-corrected chi connectivity index (χ4v) is 3.75. The minimum Gasteiger partial charge on any atom is -0.370 e. The van der Waals surface area contributed by atoms with E-state index in [9.17, 15) is 0 Å². The Morgan fingerprint density at radius 1 is 1.00 bits per heavy atom. The fraction of sp³-hybridized carbons (Fsp3) is 1.00. The molecule has 0 aromatic rings. The minimum atomic E-state index is 1.00. The largest absolute Gasteiger partial charge is 0.370 e. The van der Waals surface area contributed by atoms with E-state index in [2.05, 4.69) is 0 Å². The van der Waals surface area contributed by atoms with E-state index in [1.54, 1.807) is 6.42 Å². The quantitative estimate of drug-likeness (QED) is 0.607. The van der Waals surface area contributed by atoms with Crippen LogP contribution >= 0.6 is 0 Å². The summed E-state index contributed by atoms with van der Waals surface area (Å²) in [6.45, 7) is 4.55. The lowest BCUT2D eigenvalue weighted by Crippen LogP contribution is -3.18. The van der Waals surface area contributed by atoms with Gasteiger partial charge in [0, 0.05) is 12.3 Å². The molecule has 3 rings (SSSR count). The lowest BCUT2D eigenvalue weighted by Gasteiger charge is -2.33. The molecule has 1 aliphatic heterocycles. The molecule has 13 heavy (non-hydrogen) atoms. The molecule has 2 bridgehead atoms. The number of hydrogen-bond donors (Lipinski definition) is 1.